The highest BCUT2D eigenvalue weighted by Crippen LogP contribution is 2.32. The number of para-hydroxylation sites is 1. The van der Waals surface area contributed by atoms with Gasteiger partial charge in [0.1, 0.15) is 17.6 Å². The van der Waals surface area contributed by atoms with Crippen molar-refractivity contribution in [3.63, 3.8) is 0 Å². The quantitative estimate of drug-likeness (QED) is 0.706. The van der Waals surface area contributed by atoms with Crippen LogP contribution in [0.4, 0.5) is 0 Å². The van der Waals surface area contributed by atoms with Crippen LogP contribution in [0.3, 0.4) is 0 Å². The van der Waals surface area contributed by atoms with E-state index < -0.39 is 0 Å². The molecule has 5 nitrogen and oxygen atoms in total. The topological polar surface area (TPSA) is 60.1 Å². The van der Waals surface area contributed by atoms with Gasteiger partial charge in [0, 0.05) is 23.5 Å². The number of aryl methyl sites for hydroxylation is 1. The van der Waals surface area contributed by atoms with Crippen molar-refractivity contribution in [3.8, 4) is 5.69 Å². The van der Waals surface area contributed by atoms with Crippen molar-refractivity contribution in [3.05, 3.63) is 77.4 Å². The third kappa shape index (κ3) is 3.10. The number of benzene rings is 2. The van der Waals surface area contributed by atoms with Crippen molar-refractivity contribution in [2.24, 2.45) is 10.9 Å². The molecule has 0 radical (unpaired) electrons. The van der Waals surface area contributed by atoms with E-state index in [1.54, 1.807) is 0 Å². The van der Waals surface area contributed by atoms with Gasteiger partial charge in [-0.05, 0) is 13.0 Å². The van der Waals surface area contributed by atoms with E-state index in [1.165, 1.54) is 0 Å². The monoisotopic (exact) mass is 358 g/mol. The van der Waals surface area contributed by atoms with Crippen LogP contribution in [0.1, 0.15) is 49.1 Å². The molecule has 0 spiro atoms. The van der Waals surface area contributed by atoms with Gasteiger partial charge in [-0.1, -0.05) is 62.4 Å². The number of aliphatic imine (C=N–C) groups is 1. The molecule has 3 aromatic rings. The Morgan fingerprint density at radius 2 is 1.74 bits per heavy atom. The Kier molecular flexibility index (Phi) is 4.44. The summed E-state index contributed by atoms with van der Waals surface area (Å²) in [5.41, 5.74) is 3.94. The lowest BCUT2D eigenvalue weighted by atomic mass is 9.99. The van der Waals surface area contributed by atoms with Crippen LogP contribution in [0.15, 0.2) is 59.6 Å². The molecule has 0 fully saturated rings. The Bertz CT molecular complexity index is 1020. The largest absolute Gasteiger partial charge is 0.299 e. The lowest BCUT2D eigenvalue weighted by molar-refractivity contribution is -0.122. The molecule has 1 aliphatic heterocycles. The minimum atomic E-state index is -0.358. The number of nitrogens with zero attached hydrogens (tertiary/aromatic N) is 4. The van der Waals surface area contributed by atoms with Crippen LogP contribution in [-0.4, -0.2) is 26.3 Å². The van der Waals surface area contributed by atoms with E-state index >= 15 is 0 Å². The SMILES string of the molecule is Cc1nnc2n1-c1ccccc1C(c1ccccc1)=NC2CC(=O)C(C)C. The number of rotatable bonds is 4. The van der Waals surface area contributed by atoms with Gasteiger partial charge in [-0.15, -0.1) is 10.2 Å². The highest BCUT2D eigenvalue weighted by Gasteiger charge is 2.29. The molecule has 27 heavy (non-hydrogen) atoms. The zero-order valence-corrected chi connectivity index (χ0v) is 15.8. The number of aromatic nitrogens is 3. The van der Waals surface area contributed by atoms with E-state index in [1.807, 2.05) is 55.7 Å². The molecule has 1 atom stereocenters. The summed E-state index contributed by atoms with van der Waals surface area (Å²) >= 11 is 0. The number of hydrogen-bond donors (Lipinski definition) is 0. The summed E-state index contributed by atoms with van der Waals surface area (Å²) in [6.07, 6.45) is 0.320. The molecular weight excluding hydrogens is 336 g/mol. The Morgan fingerprint density at radius 3 is 2.48 bits per heavy atom. The Labute approximate surface area is 158 Å². The van der Waals surface area contributed by atoms with Gasteiger partial charge in [0.2, 0.25) is 0 Å². The second kappa shape index (κ2) is 6.91. The fraction of sp³-hybridized carbons (Fsp3) is 0.273. The highest BCUT2D eigenvalue weighted by molar-refractivity contribution is 6.15. The molecule has 0 aliphatic carbocycles. The van der Waals surface area contributed by atoms with Crippen LogP contribution in [0.2, 0.25) is 0 Å². The number of carbonyl (C=O) groups excluding carboxylic acids is 1. The minimum Gasteiger partial charge on any atom is -0.299 e. The highest BCUT2D eigenvalue weighted by atomic mass is 16.1. The second-order valence-corrected chi connectivity index (χ2v) is 7.14. The third-order valence-electron chi connectivity index (χ3n) is 4.92. The number of carbonyl (C=O) groups is 1. The van der Waals surface area contributed by atoms with Crippen LogP contribution < -0.4 is 0 Å². The first-order valence-electron chi connectivity index (χ1n) is 9.24. The van der Waals surface area contributed by atoms with E-state index in [4.69, 9.17) is 4.99 Å². The molecule has 136 valence electrons. The van der Waals surface area contributed by atoms with Crippen molar-refractivity contribution in [2.75, 3.05) is 0 Å². The van der Waals surface area contributed by atoms with Crippen molar-refractivity contribution >= 4 is 11.5 Å². The Hall–Kier alpha value is -3.08. The van der Waals surface area contributed by atoms with Crippen LogP contribution in [0.5, 0.6) is 0 Å². The van der Waals surface area contributed by atoms with Crippen LogP contribution in [0, 0.1) is 12.8 Å². The molecule has 1 unspecified atom stereocenters. The molecule has 2 aromatic carbocycles. The van der Waals surface area contributed by atoms with Gasteiger partial charge in [0.05, 0.1) is 11.4 Å². The summed E-state index contributed by atoms with van der Waals surface area (Å²) in [7, 11) is 0. The fourth-order valence-electron chi connectivity index (χ4n) is 3.43. The summed E-state index contributed by atoms with van der Waals surface area (Å²) in [6, 6.07) is 17.9. The minimum absolute atomic E-state index is 0.0385. The number of fused-ring (bicyclic) bond motifs is 3. The molecular formula is C22H22N4O. The van der Waals surface area contributed by atoms with Crippen molar-refractivity contribution in [2.45, 2.75) is 33.2 Å². The molecule has 4 rings (SSSR count). The zero-order valence-electron chi connectivity index (χ0n) is 15.8. The van der Waals surface area contributed by atoms with Gasteiger partial charge >= 0.3 is 0 Å². The summed E-state index contributed by atoms with van der Waals surface area (Å²) in [5.74, 6) is 1.65. The second-order valence-electron chi connectivity index (χ2n) is 7.14. The van der Waals surface area contributed by atoms with Gasteiger partial charge in [-0.3, -0.25) is 14.4 Å². The number of hydrogen-bond acceptors (Lipinski definition) is 4. The fourth-order valence-corrected chi connectivity index (χ4v) is 3.43. The summed E-state index contributed by atoms with van der Waals surface area (Å²) in [4.78, 5) is 17.6. The predicted octanol–water partition coefficient (Wildman–Crippen LogP) is 4.08. The molecule has 5 heteroatoms. The normalized spacial score (nSPS) is 15.7. The average molecular weight is 358 g/mol. The number of ketones is 1. The smallest absolute Gasteiger partial charge is 0.162 e. The molecule has 2 heterocycles. The van der Waals surface area contributed by atoms with Crippen molar-refractivity contribution in [1.29, 1.82) is 0 Å². The maximum absolute atomic E-state index is 12.5. The first-order valence-corrected chi connectivity index (χ1v) is 9.24. The van der Waals surface area contributed by atoms with Crippen LogP contribution >= 0.6 is 0 Å². The van der Waals surface area contributed by atoms with E-state index in [2.05, 4.69) is 34.5 Å². The maximum atomic E-state index is 12.5. The third-order valence-corrected chi connectivity index (χ3v) is 4.92. The summed E-state index contributed by atoms with van der Waals surface area (Å²) in [5, 5.41) is 8.66. The molecule has 1 aromatic heterocycles. The zero-order chi connectivity index (χ0) is 19.0. The molecule has 0 N–H and O–H groups in total. The standard InChI is InChI=1S/C22H22N4O/c1-14(2)20(27)13-18-22-25-24-15(3)26(22)19-12-8-7-11-17(19)21(23-18)16-9-5-4-6-10-16/h4-12,14,18H,13H2,1-3H3. The van der Waals surface area contributed by atoms with Gasteiger partial charge in [-0.2, -0.15) is 0 Å². The average Bonchev–Trinajstić information content (AvgIpc) is 3.00. The summed E-state index contributed by atoms with van der Waals surface area (Å²) < 4.78 is 2.03. The van der Waals surface area contributed by atoms with E-state index in [-0.39, 0.29) is 17.7 Å². The summed E-state index contributed by atoms with van der Waals surface area (Å²) in [6.45, 7) is 5.78. The van der Waals surface area contributed by atoms with E-state index in [9.17, 15) is 4.79 Å². The van der Waals surface area contributed by atoms with E-state index in [0.717, 1.165) is 34.2 Å². The predicted molar refractivity (Wildman–Crippen MR) is 105 cm³/mol. The lowest BCUT2D eigenvalue weighted by Gasteiger charge is -2.13. The van der Waals surface area contributed by atoms with Gasteiger partial charge in [0.25, 0.3) is 0 Å². The van der Waals surface area contributed by atoms with Crippen LogP contribution in [0.25, 0.3) is 5.69 Å². The Balaban J connectivity index is 1.96. The first kappa shape index (κ1) is 17.3. The van der Waals surface area contributed by atoms with Crippen molar-refractivity contribution < 1.29 is 4.79 Å². The number of Topliss-reactive ketones (excluding diaryl/α,β-unsaturated/α-hetero) is 1. The van der Waals surface area contributed by atoms with Gasteiger partial charge in [-0.25, -0.2) is 0 Å². The maximum Gasteiger partial charge on any atom is 0.162 e. The molecule has 0 saturated carbocycles. The molecule has 0 amide bonds. The molecule has 1 aliphatic rings. The Morgan fingerprint density at radius 1 is 1.04 bits per heavy atom. The van der Waals surface area contributed by atoms with Gasteiger partial charge < -0.3 is 0 Å². The van der Waals surface area contributed by atoms with E-state index in [0.29, 0.717) is 6.42 Å². The van der Waals surface area contributed by atoms with Crippen molar-refractivity contribution in [1.82, 2.24) is 14.8 Å². The first-order chi connectivity index (χ1) is 13.1. The lowest BCUT2D eigenvalue weighted by Crippen LogP contribution is -2.14. The van der Waals surface area contributed by atoms with Crippen LogP contribution in [-0.2, 0) is 4.79 Å². The van der Waals surface area contributed by atoms with Gasteiger partial charge in [0.15, 0.2) is 5.82 Å². The molecule has 0 saturated heterocycles. The molecule has 0 bridgehead atoms.